The molecule has 1 aromatic heterocycles. The van der Waals surface area contributed by atoms with E-state index >= 15 is 0 Å². The van der Waals surface area contributed by atoms with E-state index in [4.69, 9.17) is 0 Å². The minimum atomic E-state index is -0.556. The number of rotatable bonds is 4. The molecule has 1 aliphatic carbocycles. The molecule has 1 aliphatic rings. The topological polar surface area (TPSA) is 54.0 Å². The van der Waals surface area contributed by atoms with Crippen LogP contribution in [0.2, 0.25) is 0 Å². The summed E-state index contributed by atoms with van der Waals surface area (Å²) in [5.74, 6) is -0.258. The molecule has 0 aromatic carbocycles. The van der Waals surface area contributed by atoms with Crippen LogP contribution in [0.1, 0.15) is 19.8 Å². The Bertz CT molecular complexity index is 393. The third-order valence-electron chi connectivity index (χ3n) is 2.40. The number of carbonyl (C=O) groups is 1. The zero-order valence-electron chi connectivity index (χ0n) is 9.03. The Morgan fingerprint density at radius 2 is 2.31 bits per heavy atom. The zero-order valence-corrected chi connectivity index (χ0v) is 9.03. The van der Waals surface area contributed by atoms with Crippen molar-refractivity contribution in [3.63, 3.8) is 0 Å². The van der Waals surface area contributed by atoms with E-state index in [1.54, 1.807) is 19.1 Å². The maximum Gasteiger partial charge on any atom is 0.242 e. The molecular formula is C11H14FN3O. The van der Waals surface area contributed by atoms with Gasteiger partial charge in [0.05, 0.1) is 0 Å². The standard InChI is InChI=1S/C11H14FN3O/c1-7(11(16)14-8-5-6-8)13-10-4-2-3-9(12)15-10/h2-4,7-8H,5-6H2,1H3,(H,13,15)(H,14,16). The summed E-state index contributed by atoms with van der Waals surface area (Å²) in [5.41, 5.74) is 0. The molecule has 4 nitrogen and oxygen atoms in total. The molecule has 1 heterocycles. The van der Waals surface area contributed by atoms with Crippen molar-refractivity contribution in [2.24, 2.45) is 0 Å². The predicted molar refractivity (Wildman–Crippen MR) is 58.4 cm³/mol. The van der Waals surface area contributed by atoms with Gasteiger partial charge in [-0.1, -0.05) is 6.07 Å². The Kier molecular flexibility index (Phi) is 3.03. The molecule has 1 fully saturated rings. The number of hydrogen-bond donors (Lipinski definition) is 2. The number of halogens is 1. The summed E-state index contributed by atoms with van der Waals surface area (Å²) >= 11 is 0. The lowest BCUT2D eigenvalue weighted by molar-refractivity contribution is -0.121. The van der Waals surface area contributed by atoms with Crippen LogP contribution in [-0.2, 0) is 4.79 Å². The average Bonchev–Trinajstić information content (AvgIpc) is 3.01. The highest BCUT2D eigenvalue weighted by atomic mass is 19.1. The van der Waals surface area contributed by atoms with Gasteiger partial charge in [-0.05, 0) is 31.9 Å². The van der Waals surface area contributed by atoms with Crippen molar-refractivity contribution in [3.8, 4) is 0 Å². The molecule has 1 amide bonds. The van der Waals surface area contributed by atoms with Gasteiger partial charge in [0.2, 0.25) is 11.9 Å². The van der Waals surface area contributed by atoms with Crippen molar-refractivity contribution in [2.75, 3.05) is 5.32 Å². The molecule has 2 rings (SSSR count). The zero-order chi connectivity index (χ0) is 11.5. The van der Waals surface area contributed by atoms with E-state index < -0.39 is 12.0 Å². The summed E-state index contributed by atoms with van der Waals surface area (Å²) in [7, 11) is 0. The molecule has 0 aliphatic heterocycles. The fraction of sp³-hybridized carbons (Fsp3) is 0.455. The summed E-state index contributed by atoms with van der Waals surface area (Å²) in [6.45, 7) is 1.73. The lowest BCUT2D eigenvalue weighted by atomic mass is 10.3. The Balaban J connectivity index is 1.90. The van der Waals surface area contributed by atoms with Crippen LogP contribution >= 0.6 is 0 Å². The molecular weight excluding hydrogens is 209 g/mol. The fourth-order valence-electron chi connectivity index (χ4n) is 1.33. The molecule has 1 aromatic rings. The largest absolute Gasteiger partial charge is 0.359 e. The number of nitrogens with one attached hydrogen (secondary N) is 2. The van der Waals surface area contributed by atoms with Gasteiger partial charge in [-0.15, -0.1) is 0 Å². The minimum Gasteiger partial charge on any atom is -0.359 e. The van der Waals surface area contributed by atoms with Gasteiger partial charge < -0.3 is 10.6 Å². The van der Waals surface area contributed by atoms with Gasteiger partial charge in [0, 0.05) is 6.04 Å². The van der Waals surface area contributed by atoms with Crippen LogP contribution in [-0.4, -0.2) is 23.0 Å². The number of carbonyl (C=O) groups excluding carboxylic acids is 1. The summed E-state index contributed by atoms with van der Waals surface area (Å²) < 4.78 is 12.8. The highest BCUT2D eigenvalue weighted by Crippen LogP contribution is 2.18. The van der Waals surface area contributed by atoms with Crippen LogP contribution in [0.15, 0.2) is 18.2 Å². The minimum absolute atomic E-state index is 0.0754. The maximum absolute atomic E-state index is 12.8. The monoisotopic (exact) mass is 223 g/mol. The molecule has 2 N–H and O–H groups in total. The lowest BCUT2D eigenvalue weighted by Gasteiger charge is -2.14. The molecule has 1 atom stereocenters. The number of anilines is 1. The van der Waals surface area contributed by atoms with E-state index in [-0.39, 0.29) is 5.91 Å². The third-order valence-corrected chi connectivity index (χ3v) is 2.40. The van der Waals surface area contributed by atoms with Gasteiger partial charge in [-0.25, -0.2) is 4.98 Å². The van der Waals surface area contributed by atoms with Crippen LogP contribution in [0, 0.1) is 5.95 Å². The third kappa shape index (κ3) is 2.92. The van der Waals surface area contributed by atoms with Crippen molar-refractivity contribution in [3.05, 3.63) is 24.1 Å². The second-order valence-electron chi connectivity index (χ2n) is 3.99. The first-order chi connectivity index (χ1) is 7.65. The van der Waals surface area contributed by atoms with Crippen molar-refractivity contribution in [1.29, 1.82) is 0 Å². The highest BCUT2D eigenvalue weighted by Gasteiger charge is 2.25. The lowest BCUT2D eigenvalue weighted by Crippen LogP contribution is -2.38. The van der Waals surface area contributed by atoms with E-state index in [1.165, 1.54) is 6.07 Å². The molecule has 5 heteroatoms. The molecule has 0 bridgehead atoms. The van der Waals surface area contributed by atoms with Crippen molar-refractivity contribution in [2.45, 2.75) is 31.8 Å². The maximum atomic E-state index is 12.8. The van der Waals surface area contributed by atoms with Crippen LogP contribution in [0.4, 0.5) is 10.2 Å². The van der Waals surface area contributed by atoms with Gasteiger partial charge >= 0.3 is 0 Å². The molecule has 1 saturated carbocycles. The summed E-state index contributed by atoms with van der Waals surface area (Å²) in [6, 6.07) is 4.37. The number of pyridine rings is 1. The van der Waals surface area contributed by atoms with Crippen molar-refractivity contribution in [1.82, 2.24) is 10.3 Å². The SMILES string of the molecule is CC(Nc1cccc(F)n1)C(=O)NC1CC1. The predicted octanol–water partition coefficient (Wildman–Crippen LogP) is 1.30. The van der Waals surface area contributed by atoms with E-state index in [9.17, 15) is 9.18 Å². The number of nitrogens with zero attached hydrogens (tertiary/aromatic N) is 1. The molecule has 16 heavy (non-hydrogen) atoms. The van der Waals surface area contributed by atoms with E-state index in [2.05, 4.69) is 15.6 Å². The first-order valence-electron chi connectivity index (χ1n) is 5.34. The smallest absolute Gasteiger partial charge is 0.242 e. The number of amides is 1. The molecule has 0 radical (unpaired) electrons. The van der Waals surface area contributed by atoms with Crippen LogP contribution < -0.4 is 10.6 Å². The van der Waals surface area contributed by atoms with E-state index in [0.717, 1.165) is 12.8 Å². The van der Waals surface area contributed by atoms with Crippen LogP contribution in [0.25, 0.3) is 0 Å². The second kappa shape index (κ2) is 4.47. The Morgan fingerprint density at radius 3 is 2.94 bits per heavy atom. The van der Waals surface area contributed by atoms with Gasteiger partial charge in [0.15, 0.2) is 0 Å². The van der Waals surface area contributed by atoms with Crippen LogP contribution in [0.5, 0.6) is 0 Å². The first-order valence-corrected chi connectivity index (χ1v) is 5.34. The number of aromatic nitrogens is 1. The fourth-order valence-corrected chi connectivity index (χ4v) is 1.33. The summed E-state index contributed by atoms with van der Waals surface area (Å²) in [6.07, 6.45) is 2.10. The molecule has 86 valence electrons. The van der Waals surface area contributed by atoms with E-state index in [0.29, 0.717) is 11.9 Å². The van der Waals surface area contributed by atoms with E-state index in [1.807, 2.05) is 0 Å². The van der Waals surface area contributed by atoms with Crippen molar-refractivity contribution < 1.29 is 9.18 Å². The van der Waals surface area contributed by atoms with Gasteiger partial charge in [0.25, 0.3) is 0 Å². The summed E-state index contributed by atoms with van der Waals surface area (Å²) in [5, 5.41) is 5.72. The highest BCUT2D eigenvalue weighted by molar-refractivity contribution is 5.84. The van der Waals surface area contributed by atoms with Gasteiger partial charge in [-0.2, -0.15) is 4.39 Å². The average molecular weight is 223 g/mol. The number of hydrogen-bond acceptors (Lipinski definition) is 3. The molecule has 0 saturated heterocycles. The van der Waals surface area contributed by atoms with Gasteiger partial charge in [-0.3, -0.25) is 4.79 Å². The normalized spacial score (nSPS) is 16.6. The summed E-state index contributed by atoms with van der Waals surface area (Å²) in [4.78, 5) is 15.2. The quantitative estimate of drug-likeness (QED) is 0.756. The van der Waals surface area contributed by atoms with Crippen molar-refractivity contribution >= 4 is 11.7 Å². The van der Waals surface area contributed by atoms with Crippen LogP contribution in [0.3, 0.4) is 0 Å². The molecule has 0 spiro atoms. The Labute approximate surface area is 93.3 Å². The Hall–Kier alpha value is -1.65. The first kappa shape index (κ1) is 10.9. The second-order valence-corrected chi connectivity index (χ2v) is 3.99. The Morgan fingerprint density at radius 1 is 1.56 bits per heavy atom. The van der Waals surface area contributed by atoms with Gasteiger partial charge in [0.1, 0.15) is 11.9 Å². The molecule has 1 unspecified atom stereocenters.